The molecule has 0 spiro atoms. The first-order valence-corrected chi connectivity index (χ1v) is 8.59. The Morgan fingerprint density at radius 2 is 2.12 bits per heavy atom. The molecule has 17 heavy (non-hydrogen) atoms. The zero-order valence-corrected chi connectivity index (χ0v) is 12.5. The topological polar surface area (TPSA) is 61.1 Å². The number of alkyl halides is 1. The van der Waals surface area contributed by atoms with Crippen LogP contribution in [0.3, 0.4) is 0 Å². The largest absolute Gasteiger partial charge is 0.748 e. The lowest BCUT2D eigenvalue weighted by Gasteiger charge is -2.04. The molecule has 0 aliphatic heterocycles. The molecule has 0 aliphatic rings. The van der Waals surface area contributed by atoms with E-state index in [4.69, 9.17) is 0 Å². The molecule has 0 unspecified atom stereocenters. The van der Waals surface area contributed by atoms with Crippen molar-refractivity contribution in [3.05, 3.63) is 30.1 Å². The minimum Gasteiger partial charge on any atom is -0.748 e. The van der Waals surface area contributed by atoms with Crippen molar-refractivity contribution >= 4 is 32.7 Å². The highest BCUT2D eigenvalue weighted by Crippen LogP contribution is 2.01. The summed E-state index contributed by atoms with van der Waals surface area (Å²) in [6, 6.07) is 4.02. The van der Waals surface area contributed by atoms with Gasteiger partial charge in [-0.1, -0.05) is 22.6 Å². The van der Waals surface area contributed by atoms with Crippen LogP contribution in [0.15, 0.2) is 24.5 Å². The summed E-state index contributed by atoms with van der Waals surface area (Å²) in [5.41, 5.74) is 1.24. The highest BCUT2D eigenvalue weighted by atomic mass is 127. The quantitative estimate of drug-likeness (QED) is 0.315. The summed E-state index contributed by atoms with van der Waals surface area (Å²) in [5, 5.41) is 0. The van der Waals surface area contributed by atoms with E-state index >= 15 is 0 Å². The number of nitrogens with zero attached hydrogens (tertiary/aromatic N) is 1. The molecular formula is C11H16INO3S. The van der Waals surface area contributed by atoms with Crippen molar-refractivity contribution in [3.63, 3.8) is 0 Å². The molecule has 1 rings (SSSR count). The molecule has 6 heteroatoms. The van der Waals surface area contributed by atoms with E-state index in [1.54, 1.807) is 0 Å². The van der Waals surface area contributed by atoms with Gasteiger partial charge in [-0.25, -0.2) is 13.0 Å². The molecular weight excluding hydrogens is 353 g/mol. The zero-order valence-electron chi connectivity index (χ0n) is 9.51. The molecule has 1 aromatic heterocycles. The Bertz CT molecular complexity index is 448. The fourth-order valence-corrected chi connectivity index (χ4v) is 2.42. The lowest BCUT2D eigenvalue weighted by molar-refractivity contribution is -0.697. The third kappa shape index (κ3) is 6.95. The fraction of sp³-hybridized carbons (Fsp3) is 0.545. The van der Waals surface area contributed by atoms with Crippen LogP contribution in [-0.2, 0) is 23.1 Å². The average molecular weight is 369 g/mol. The van der Waals surface area contributed by atoms with Crippen molar-refractivity contribution < 1.29 is 17.5 Å². The van der Waals surface area contributed by atoms with Crippen LogP contribution >= 0.6 is 22.6 Å². The van der Waals surface area contributed by atoms with Gasteiger partial charge in [0.25, 0.3) is 0 Å². The molecule has 0 aromatic carbocycles. The lowest BCUT2D eigenvalue weighted by Crippen LogP contribution is -2.34. The van der Waals surface area contributed by atoms with Gasteiger partial charge < -0.3 is 4.55 Å². The Morgan fingerprint density at radius 1 is 1.35 bits per heavy atom. The van der Waals surface area contributed by atoms with E-state index in [1.807, 2.05) is 23.0 Å². The van der Waals surface area contributed by atoms with Crippen molar-refractivity contribution in [2.75, 3.05) is 10.2 Å². The number of pyridine rings is 1. The molecule has 1 heterocycles. The minimum atomic E-state index is -4.08. The molecule has 0 aliphatic carbocycles. The van der Waals surface area contributed by atoms with E-state index < -0.39 is 10.1 Å². The van der Waals surface area contributed by atoms with Gasteiger partial charge in [0.1, 0.15) is 6.54 Å². The van der Waals surface area contributed by atoms with Gasteiger partial charge in [-0.3, -0.25) is 0 Å². The number of hydrogen-bond acceptors (Lipinski definition) is 3. The van der Waals surface area contributed by atoms with Crippen molar-refractivity contribution in [2.24, 2.45) is 0 Å². The van der Waals surface area contributed by atoms with Crippen LogP contribution < -0.4 is 4.57 Å². The van der Waals surface area contributed by atoms with Crippen LogP contribution in [0.1, 0.15) is 18.4 Å². The first-order valence-electron chi connectivity index (χ1n) is 5.49. The van der Waals surface area contributed by atoms with Crippen molar-refractivity contribution in [3.8, 4) is 0 Å². The monoisotopic (exact) mass is 369 g/mol. The van der Waals surface area contributed by atoms with Crippen molar-refractivity contribution in [1.82, 2.24) is 0 Å². The Morgan fingerprint density at radius 3 is 2.76 bits per heavy atom. The maximum Gasteiger partial charge on any atom is 0.171 e. The highest BCUT2D eigenvalue weighted by molar-refractivity contribution is 14.1. The summed E-state index contributed by atoms with van der Waals surface area (Å²) in [4.78, 5) is 0. The maximum atomic E-state index is 10.5. The van der Waals surface area contributed by atoms with Crippen LogP contribution in [0.4, 0.5) is 0 Å². The molecule has 0 fully saturated rings. The summed E-state index contributed by atoms with van der Waals surface area (Å²) in [6.45, 7) is 0.569. The normalized spacial score (nSPS) is 11.6. The van der Waals surface area contributed by atoms with Crippen molar-refractivity contribution in [2.45, 2.75) is 25.8 Å². The van der Waals surface area contributed by atoms with E-state index in [1.165, 1.54) is 5.56 Å². The highest BCUT2D eigenvalue weighted by Gasteiger charge is 2.04. The maximum absolute atomic E-state index is 10.5. The summed E-state index contributed by atoms with van der Waals surface area (Å²) in [6.07, 6.45) is 6.45. The summed E-state index contributed by atoms with van der Waals surface area (Å²) >= 11 is 2.35. The number of hydrogen-bond donors (Lipinski definition) is 0. The van der Waals surface area contributed by atoms with Gasteiger partial charge in [-0.2, -0.15) is 0 Å². The van der Waals surface area contributed by atoms with Gasteiger partial charge in [0.2, 0.25) is 0 Å². The third-order valence-corrected chi connectivity index (χ3v) is 3.88. The van der Waals surface area contributed by atoms with Gasteiger partial charge >= 0.3 is 0 Å². The number of aromatic nitrogens is 1. The summed E-state index contributed by atoms with van der Waals surface area (Å²) in [7, 11) is -4.08. The summed E-state index contributed by atoms with van der Waals surface area (Å²) in [5.74, 6) is -0.294. The molecule has 0 radical (unpaired) electrons. The second-order valence-corrected chi connectivity index (χ2v) is 6.46. The Kier molecular flexibility index (Phi) is 6.35. The van der Waals surface area contributed by atoms with E-state index in [2.05, 4.69) is 28.7 Å². The van der Waals surface area contributed by atoms with E-state index in [-0.39, 0.29) is 5.75 Å². The average Bonchev–Trinajstić information content (AvgIpc) is 2.25. The van der Waals surface area contributed by atoms with Crippen LogP contribution in [0, 0.1) is 0 Å². The molecule has 0 N–H and O–H groups in total. The van der Waals surface area contributed by atoms with Gasteiger partial charge in [0.05, 0.1) is 10.1 Å². The number of halogens is 1. The standard InChI is InChI=1S/C11H16INO3S/c12-6-1-4-11-5-2-7-13(10-11)8-3-9-17(14,15)16/h2,5,7,10H,1,3-4,6,8-9H2. The Balaban J connectivity index is 2.48. The van der Waals surface area contributed by atoms with Crippen LogP contribution in [-0.4, -0.2) is 23.2 Å². The van der Waals surface area contributed by atoms with Crippen LogP contribution in [0.5, 0.6) is 0 Å². The predicted octanol–water partition coefficient (Wildman–Crippen LogP) is 1.28. The SMILES string of the molecule is O=S(=O)([O-])CCC[n+]1cccc(CCCI)c1. The van der Waals surface area contributed by atoms with Crippen LogP contribution in [0.25, 0.3) is 0 Å². The smallest absolute Gasteiger partial charge is 0.171 e. The van der Waals surface area contributed by atoms with E-state index in [9.17, 15) is 13.0 Å². The molecule has 4 nitrogen and oxygen atoms in total. The molecule has 96 valence electrons. The predicted molar refractivity (Wildman–Crippen MR) is 73.0 cm³/mol. The zero-order chi connectivity index (χ0) is 12.7. The molecule has 1 aromatic rings. The second-order valence-electron chi connectivity index (χ2n) is 3.86. The first-order chi connectivity index (χ1) is 8.01. The number of rotatable bonds is 7. The van der Waals surface area contributed by atoms with Gasteiger partial charge in [-0.15, -0.1) is 0 Å². The van der Waals surface area contributed by atoms with Gasteiger partial charge in [0.15, 0.2) is 12.4 Å². The molecule has 0 amide bonds. The second kappa shape index (κ2) is 7.27. The van der Waals surface area contributed by atoms with Gasteiger partial charge in [0, 0.05) is 23.8 Å². The van der Waals surface area contributed by atoms with Crippen molar-refractivity contribution in [1.29, 1.82) is 0 Å². The van der Waals surface area contributed by atoms with Crippen LogP contribution in [0.2, 0.25) is 0 Å². The molecule has 0 bridgehead atoms. The first kappa shape index (κ1) is 14.8. The Hall–Kier alpha value is -0.210. The minimum absolute atomic E-state index is 0.294. The number of aryl methyl sites for hydroxylation is 2. The summed E-state index contributed by atoms with van der Waals surface area (Å²) < 4.78 is 34.5. The lowest BCUT2D eigenvalue weighted by atomic mass is 10.2. The third-order valence-electron chi connectivity index (χ3n) is 2.33. The molecule has 0 saturated carbocycles. The molecule has 0 atom stereocenters. The molecule has 0 saturated heterocycles. The fourth-order valence-electron chi connectivity index (χ4n) is 1.56. The Labute approximate surface area is 116 Å². The van der Waals surface area contributed by atoms with E-state index in [0.29, 0.717) is 13.0 Å². The van der Waals surface area contributed by atoms with E-state index in [0.717, 1.165) is 17.3 Å². The van der Waals surface area contributed by atoms with Gasteiger partial charge in [-0.05, 0) is 23.3 Å².